The molecular weight excluding hydrogens is 230 g/mol. The molecule has 1 atom stereocenters. The lowest BCUT2D eigenvalue weighted by Gasteiger charge is -2.32. The van der Waals surface area contributed by atoms with Crippen LogP contribution in [-0.2, 0) is 11.3 Å². The molecule has 1 aromatic heterocycles. The smallest absolute Gasteiger partial charge is 0.241 e. The first-order valence-corrected chi connectivity index (χ1v) is 6.47. The highest BCUT2D eigenvalue weighted by Gasteiger charge is 2.20. The first-order valence-electron chi connectivity index (χ1n) is 6.47. The van der Waals surface area contributed by atoms with E-state index in [4.69, 9.17) is 5.73 Å². The van der Waals surface area contributed by atoms with Gasteiger partial charge in [0.25, 0.3) is 0 Å². The van der Waals surface area contributed by atoms with E-state index in [1.807, 2.05) is 0 Å². The normalized spacial score (nSPS) is 20.8. The number of anilines is 1. The van der Waals surface area contributed by atoms with Crippen LogP contribution in [-0.4, -0.2) is 46.3 Å². The molecule has 1 aromatic rings. The molecule has 0 aromatic carbocycles. The number of nitrogen functional groups attached to an aromatic ring is 1. The Morgan fingerprint density at radius 1 is 1.67 bits per heavy atom. The number of hydrogen-bond acceptors (Lipinski definition) is 4. The van der Waals surface area contributed by atoms with Crippen LogP contribution in [0.1, 0.15) is 19.8 Å². The molecule has 1 aliphatic heterocycles. The fraction of sp³-hybridized carbons (Fsp3) is 0.667. The molecule has 2 heterocycles. The van der Waals surface area contributed by atoms with Crippen LogP contribution in [0.4, 0.5) is 5.69 Å². The van der Waals surface area contributed by atoms with Gasteiger partial charge in [0, 0.05) is 18.8 Å². The molecule has 100 valence electrons. The van der Waals surface area contributed by atoms with Gasteiger partial charge in [0.2, 0.25) is 5.91 Å². The molecule has 1 saturated heterocycles. The van der Waals surface area contributed by atoms with E-state index in [0.717, 1.165) is 32.5 Å². The third kappa shape index (κ3) is 3.46. The van der Waals surface area contributed by atoms with Crippen molar-refractivity contribution in [2.75, 3.05) is 25.4 Å². The number of aromatic nitrogens is 2. The molecule has 6 heteroatoms. The molecule has 0 bridgehead atoms. The zero-order valence-corrected chi connectivity index (χ0v) is 10.8. The van der Waals surface area contributed by atoms with Crippen LogP contribution >= 0.6 is 0 Å². The van der Waals surface area contributed by atoms with Crippen LogP contribution in [0.5, 0.6) is 0 Å². The number of nitrogens with zero attached hydrogens (tertiary/aromatic N) is 3. The van der Waals surface area contributed by atoms with Gasteiger partial charge in [-0.15, -0.1) is 0 Å². The van der Waals surface area contributed by atoms with E-state index in [9.17, 15) is 4.79 Å². The second kappa shape index (κ2) is 5.86. The number of rotatable bonds is 4. The van der Waals surface area contributed by atoms with Gasteiger partial charge in [-0.2, -0.15) is 5.10 Å². The molecule has 1 amide bonds. The molecule has 6 nitrogen and oxygen atoms in total. The maximum Gasteiger partial charge on any atom is 0.241 e. The zero-order chi connectivity index (χ0) is 13.0. The standard InChI is InChI=1S/C12H21N5O/c1-2-16-5-3-4-11(8-16)15-12(18)9-17-7-10(13)6-14-17/h6-7,11H,2-5,8-9,13H2,1H3,(H,15,18). The quantitative estimate of drug-likeness (QED) is 0.793. The maximum atomic E-state index is 11.9. The molecule has 3 N–H and O–H groups in total. The summed E-state index contributed by atoms with van der Waals surface area (Å²) in [6, 6.07) is 0.263. The Labute approximate surface area is 107 Å². The number of hydrogen-bond donors (Lipinski definition) is 2. The lowest BCUT2D eigenvalue weighted by atomic mass is 10.1. The van der Waals surface area contributed by atoms with Gasteiger partial charge in [-0.05, 0) is 25.9 Å². The number of nitrogens with two attached hydrogens (primary N) is 1. The summed E-state index contributed by atoms with van der Waals surface area (Å²) >= 11 is 0. The minimum Gasteiger partial charge on any atom is -0.396 e. The first kappa shape index (κ1) is 12.9. The summed E-state index contributed by atoms with van der Waals surface area (Å²) in [5, 5.41) is 7.06. The van der Waals surface area contributed by atoms with Crippen LogP contribution in [0.3, 0.4) is 0 Å². The summed E-state index contributed by atoms with van der Waals surface area (Å²) in [7, 11) is 0. The molecule has 1 aliphatic rings. The second-order valence-electron chi connectivity index (χ2n) is 4.77. The third-order valence-electron chi connectivity index (χ3n) is 3.28. The van der Waals surface area contributed by atoms with Crippen LogP contribution in [0.2, 0.25) is 0 Å². The largest absolute Gasteiger partial charge is 0.396 e. The van der Waals surface area contributed by atoms with Crippen molar-refractivity contribution >= 4 is 11.6 Å². The summed E-state index contributed by atoms with van der Waals surface area (Å²) in [5.74, 6) is 0.000975. The summed E-state index contributed by atoms with van der Waals surface area (Å²) in [6.07, 6.45) is 5.42. The number of likely N-dealkylation sites (tertiary alicyclic amines) is 1. The van der Waals surface area contributed by atoms with Crippen LogP contribution in [0.25, 0.3) is 0 Å². The van der Waals surface area contributed by atoms with Gasteiger partial charge >= 0.3 is 0 Å². The van der Waals surface area contributed by atoms with Gasteiger partial charge in [0.15, 0.2) is 0 Å². The van der Waals surface area contributed by atoms with E-state index >= 15 is 0 Å². The number of amides is 1. The van der Waals surface area contributed by atoms with Crippen molar-refractivity contribution in [1.82, 2.24) is 20.0 Å². The maximum absolute atomic E-state index is 11.9. The monoisotopic (exact) mass is 251 g/mol. The molecule has 2 rings (SSSR count). The lowest BCUT2D eigenvalue weighted by molar-refractivity contribution is -0.122. The topological polar surface area (TPSA) is 76.2 Å². The second-order valence-corrected chi connectivity index (χ2v) is 4.77. The van der Waals surface area contributed by atoms with Gasteiger partial charge in [-0.1, -0.05) is 6.92 Å². The van der Waals surface area contributed by atoms with Crippen molar-refractivity contribution in [3.05, 3.63) is 12.4 Å². The van der Waals surface area contributed by atoms with Gasteiger partial charge in [-0.3, -0.25) is 9.48 Å². The van der Waals surface area contributed by atoms with Crippen molar-refractivity contribution in [2.45, 2.75) is 32.4 Å². The predicted molar refractivity (Wildman–Crippen MR) is 69.9 cm³/mol. The number of nitrogens with one attached hydrogen (secondary N) is 1. The highest BCUT2D eigenvalue weighted by atomic mass is 16.2. The first-order chi connectivity index (χ1) is 8.67. The molecule has 1 fully saturated rings. The van der Waals surface area contributed by atoms with E-state index in [-0.39, 0.29) is 18.5 Å². The minimum atomic E-state index is 0.000975. The average Bonchev–Trinajstić information content (AvgIpc) is 2.74. The summed E-state index contributed by atoms with van der Waals surface area (Å²) in [6.45, 7) is 5.51. The molecule has 0 aliphatic carbocycles. The van der Waals surface area contributed by atoms with Crippen molar-refractivity contribution in [1.29, 1.82) is 0 Å². The Morgan fingerprint density at radius 2 is 2.50 bits per heavy atom. The molecule has 0 spiro atoms. The Balaban J connectivity index is 1.80. The van der Waals surface area contributed by atoms with E-state index < -0.39 is 0 Å². The average molecular weight is 251 g/mol. The Kier molecular flexibility index (Phi) is 4.19. The molecule has 18 heavy (non-hydrogen) atoms. The molecule has 0 saturated carbocycles. The van der Waals surface area contributed by atoms with Gasteiger partial charge in [0.05, 0.1) is 11.9 Å². The third-order valence-corrected chi connectivity index (χ3v) is 3.28. The number of carbonyl (C=O) groups is 1. The Hall–Kier alpha value is -1.56. The van der Waals surface area contributed by atoms with Crippen LogP contribution in [0.15, 0.2) is 12.4 Å². The molecule has 1 unspecified atom stereocenters. The highest BCUT2D eigenvalue weighted by molar-refractivity contribution is 5.76. The predicted octanol–water partition coefficient (Wildman–Crippen LogP) is 0.0658. The van der Waals surface area contributed by atoms with E-state index in [1.54, 1.807) is 17.1 Å². The number of piperidine rings is 1. The Bertz CT molecular complexity index is 403. The summed E-state index contributed by atoms with van der Waals surface area (Å²) < 4.78 is 1.56. The van der Waals surface area contributed by atoms with Crippen molar-refractivity contribution in [2.24, 2.45) is 0 Å². The van der Waals surface area contributed by atoms with E-state index in [0.29, 0.717) is 5.69 Å². The number of carbonyl (C=O) groups excluding carboxylic acids is 1. The van der Waals surface area contributed by atoms with Crippen LogP contribution in [0, 0.1) is 0 Å². The zero-order valence-electron chi connectivity index (χ0n) is 10.8. The fourth-order valence-corrected chi connectivity index (χ4v) is 2.35. The fourth-order valence-electron chi connectivity index (χ4n) is 2.35. The van der Waals surface area contributed by atoms with Gasteiger partial charge in [0.1, 0.15) is 6.54 Å². The molecular formula is C12H21N5O. The van der Waals surface area contributed by atoms with Gasteiger partial charge < -0.3 is 16.0 Å². The molecule has 0 radical (unpaired) electrons. The minimum absolute atomic E-state index is 0.000975. The Morgan fingerprint density at radius 3 is 3.17 bits per heavy atom. The summed E-state index contributed by atoms with van der Waals surface area (Å²) in [5.41, 5.74) is 6.13. The highest BCUT2D eigenvalue weighted by Crippen LogP contribution is 2.09. The van der Waals surface area contributed by atoms with E-state index in [2.05, 4.69) is 22.2 Å². The van der Waals surface area contributed by atoms with Crippen molar-refractivity contribution in [3.63, 3.8) is 0 Å². The van der Waals surface area contributed by atoms with E-state index in [1.165, 1.54) is 0 Å². The van der Waals surface area contributed by atoms with Crippen molar-refractivity contribution < 1.29 is 4.79 Å². The van der Waals surface area contributed by atoms with Crippen molar-refractivity contribution in [3.8, 4) is 0 Å². The number of likely N-dealkylation sites (N-methyl/N-ethyl adjacent to an activating group) is 1. The summed E-state index contributed by atoms with van der Waals surface area (Å²) in [4.78, 5) is 14.2. The SMILES string of the molecule is CCN1CCCC(NC(=O)Cn2cc(N)cn2)C1. The van der Waals surface area contributed by atoms with Crippen LogP contribution < -0.4 is 11.1 Å². The van der Waals surface area contributed by atoms with Gasteiger partial charge in [-0.25, -0.2) is 0 Å². The lowest BCUT2D eigenvalue weighted by Crippen LogP contribution is -2.48.